The standard InChI is InChI=1S/C18H25N5O3S/c1-13-3-4-14(26-13)12-23-9-6-20-17(25)15(23)11-16(24)19-7-10-27-18-21-5-8-22(18)2/h3-5,8,15H,6-7,9-12H2,1-2H3,(H,19,24)(H,20,25). The summed E-state index contributed by atoms with van der Waals surface area (Å²) in [6.45, 7) is 4.21. The molecule has 0 bridgehead atoms. The van der Waals surface area contributed by atoms with Gasteiger partial charge in [0.2, 0.25) is 11.8 Å². The summed E-state index contributed by atoms with van der Waals surface area (Å²) in [5.41, 5.74) is 0. The van der Waals surface area contributed by atoms with E-state index >= 15 is 0 Å². The Kier molecular flexibility index (Phi) is 6.57. The number of aromatic nitrogens is 2. The second-order valence-corrected chi connectivity index (χ2v) is 7.57. The number of hydrogen-bond acceptors (Lipinski definition) is 6. The highest BCUT2D eigenvalue weighted by Gasteiger charge is 2.32. The van der Waals surface area contributed by atoms with Gasteiger partial charge in [-0.05, 0) is 19.1 Å². The maximum atomic E-state index is 12.3. The van der Waals surface area contributed by atoms with Crippen LogP contribution in [0.4, 0.5) is 0 Å². The molecule has 1 saturated heterocycles. The largest absolute Gasteiger partial charge is 0.465 e. The molecule has 146 valence electrons. The molecule has 2 aromatic rings. The number of rotatable bonds is 8. The van der Waals surface area contributed by atoms with Gasteiger partial charge in [0.05, 0.1) is 19.0 Å². The van der Waals surface area contributed by atoms with Gasteiger partial charge in [0, 0.05) is 44.8 Å². The Morgan fingerprint density at radius 1 is 1.48 bits per heavy atom. The number of carbonyl (C=O) groups excluding carboxylic acids is 2. The van der Waals surface area contributed by atoms with Gasteiger partial charge in [-0.15, -0.1) is 0 Å². The second-order valence-electron chi connectivity index (χ2n) is 6.51. The number of furan rings is 1. The quantitative estimate of drug-likeness (QED) is 0.514. The van der Waals surface area contributed by atoms with Crippen LogP contribution < -0.4 is 10.6 Å². The number of imidazole rings is 1. The van der Waals surface area contributed by atoms with Crippen LogP contribution in [0.2, 0.25) is 0 Å². The molecule has 1 aliphatic rings. The van der Waals surface area contributed by atoms with Gasteiger partial charge in [-0.2, -0.15) is 0 Å². The molecule has 9 heteroatoms. The van der Waals surface area contributed by atoms with Gasteiger partial charge in [0.1, 0.15) is 11.5 Å². The van der Waals surface area contributed by atoms with E-state index in [1.54, 1.807) is 18.0 Å². The predicted molar refractivity (Wildman–Crippen MR) is 102 cm³/mol. The number of carbonyl (C=O) groups is 2. The molecule has 0 aliphatic carbocycles. The Labute approximate surface area is 162 Å². The smallest absolute Gasteiger partial charge is 0.237 e. The zero-order valence-electron chi connectivity index (χ0n) is 15.6. The highest BCUT2D eigenvalue weighted by Crippen LogP contribution is 2.16. The summed E-state index contributed by atoms with van der Waals surface area (Å²) in [5.74, 6) is 2.13. The summed E-state index contributed by atoms with van der Waals surface area (Å²) in [7, 11) is 1.94. The van der Waals surface area contributed by atoms with Crippen LogP contribution in [-0.4, -0.2) is 57.7 Å². The van der Waals surface area contributed by atoms with E-state index in [2.05, 4.69) is 15.6 Å². The lowest BCUT2D eigenvalue weighted by molar-refractivity contribution is -0.134. The lowest BCUT2D eigenvalue weighted by Crippen LogP contribution is -2.56. The van der Waals surface area contributed by atoms with Crippen LogP contribution in [0.5, 0.6) is 0 Å². The Morgan fingerprint density at radius 3 is 3.04 bits per heavy atom. The zero-order valence-corrected chi connectivity index (χ0v) is 16.4. The van der Waals surface area contributed by atoms with E-state index in [1.165, 1.54) is 0 Å². The predicted octanol–water partition coefficient (Wildman–Crippen LogP) is 0.921. The highest BCUT2D eigenvalue weighted by molar-refractivity contribution is 7.99. The van der Waals surface area contributed by atoms with Crippen molar-refractivity contribution >= 4 is 23.6 Å². The molecule has 3 rings (SSSR count). The van der Waals surface area contributed by atoms with Crippen LogP contribution in [0.1, 0.15) is 17.9 Å². The van der Waals surface area contributed by atoms with Gasteiger partial charge in [-0.25, -0.2) is 4.98 Å². The van der Waals surface area contributed by atoms with Crippen molar-refractivity contribution in [3.05, 3.63) is 36.0 Å². The molecular weight excluding hydrogens is 366 g/mol. The molecule has 2 aromatic heterocycles. The SMILES string of the molecule is Cc1ccc(CN2CCNC(=O)C2CC(=O)NCCSc2nccn2C)o1. The fourth-order valence-corrected chi connectivity index (χ4v) is 3.80. The van der Waals surface area contributed by atoms with Gasteiger partial charge < -0.3 is 19.6 Å². The number of piperazine rings is 1. The Hall–Kier alpha value is -2.26. The molecule has 1 unspecified atom stereocenters. The summed E-state index contributed by atoms with van der Waals surface area (Å²) in [6.07, 6.45) is 3.77. The van der Waals surface area contributed by atoms with E-state index in [0.29, 0.717) is 26.2 Å². The first kappa shape index (κ1) is 19.5. The normalized spacial score (nSPS) is 17.7. The first-order chi connectivity index (χ1) is 13.0. The molecule has 1 atom stereocenters. The van der Waals surface area contributed by atoms with E-state index in [4.69, 9.17) is 4.42 Å². The molecule has 2 N–H and O–H groups in total. The minimum atomic E-state index is -0.480. The summed E-state index contributed by atoms with van der Waals surface area (Å²) >= 11 is 1.58. The topological polar surface area (TPSA) is 92.4 Å². The van der Waals surface area contributed by atoms with Crippen molar-refractivity contribution in [3.8, 4) is 0 Å². The average Bonchev–Trinajstić information content (AvgIpc) is 3.23. The van der Waals surface area contributed by atoms with Gasteiger partial charge in [-0.1, -0.05) is 11.8 Å². The van der Waals surface area contributed by atoms with Crippen molar-refractivity contribution in [2.45, 2.75) is 31.1 Å². The van der Waals surface area contributed by atoms with E-state index in [9.17, 15) is 9.59 Å². The van der Waals surface area contributed by atoms with Crippen LogP contribution >= 0.6 is 11.8 Å². The fraction of sp³-hybridized carbons (Fsp3) is 0.500. The summed E-state index contributed by atoms with van der Waals surface area (Å²) in [5, 5.41) is 6.65. The third-order valence-corrected chi connectivity index (χ3v) is 5.47. The third-order valence-electron chi connectivity index (χ3n) is 4.41. The second kappa shape index (κ2) is 9.09. The molecule has 8 nitrogen and oxygen atoms in total. The van der Waals surface area contributed by atoms with Crippen molar-refractivity contribution in [1.82, 2.24) is 25.1 Å². The van der Waals surface area contributed by atoms with Crippen molar-refractivity contribution < 1.29 is 14.0 Å². The Bertz CT molecular complexity index is 788. The van der Waals surface area contributed by atoms with Crippen molar-refractivity contribution in [2.24, 2.45) is 7.05 Å². The fourth-order valence-electron chi connectivity index (χ4n) is 3.02. The van der Waals surface area contributed by atoms with Crippen LogP contribution in [0.25, 0.3) is 0 Å². The number of aryl methyl sites for hydroxylation is 2. The summed E-state index contributed by atoms with van der Waals surface area (Å²) < 4.78 is 7.55. The van der Waals surface area contributed by atoms with Crippen LogP contribution in [0.15, 0.2) is 34.1 Å². The molecule has 1 fully saturated rings. The van der Waals surface area contributed by atoms with E-state index in [-0.39, 0.29) is 18.2 Å². The van der Waals surface area contributed by atoms with Gasteiger partial charge in [0.15, 0.2) is 5.16 Å². The van der Waals surface area contributed by atoms with Crippen molar-refractivity contribution in [1.29, 1.82) is 0 Å². The van der Waals surface area contributed by atoms with Crippen LogP contribution in [0.3, 0.4) is 0 Å². The maximum Gasteiger partial charge on any atom is 0.237 e. The summed E-state index contributed by atoms with van der Waals surface area (Å²) in [6, 6.07) is 3.33. The van der Waals surface area contributed by atoms with Crippen LogP contribution in [0, 0.1) is 6.92 Å². The number of thioether (sulfide) groups is 1. The number of nitrogens with zero attached hydrogens (tertiary/aromatic N) is 3. The molecule has 2 amide bonds. The molecule has 0 spiro atoms. The van der Waals surface area contributed by atoms with Crippen LogP contribution in [-0.2, 0) is 23.2 Å². The minimum absolute atomic E-state index is 0.109. The minimum Gasteiger partial charge on any atom is -0.465 e. The highest BCUT2D eigenvalue weighted by atomic mass is 32.2. The van der Waals surface area contributed by atoms with Crippen molar-refractivity contribution in [3.63, 3.8) is 0 Å². The maximum absolute atomic E-state index is 12.3. The Morgan fingerprint density at radius 2 is 2.33 bits per heavy atom. The van der Waals surface area contributed by atoms with E-state index in [1.807, 2.05) is 41.8 Å². The molecule has 0 saturated carbocycles. The molecule has 3 heterocycles. The molecular formula is C18H25N5O3S. The Balaban J connectivity index is 1.47. The molecule has 1 aliphatic heterocycles. The lowest BCUT2D eigenvalue weighted by atomic mass is 10.1. The van der Waals surface area contributed by atoms with Gasteiger partial charge in [-0.3, -0.25) is 14.5 Å². The number of hydrogen-bond donors (Lipinski definition) is 2. The number of nitrogens with one attached hydrogen (secondary N) is 2. The summed E-state index contributed by atoms with van der Waals surface area (Å²) in [4.78, 5) is 30.8. The molecule has 27 heavy (non-hydrogen) atoms. The van der Waals surface area contributed by atoms with Gasteiger partial charge in [0.25, 0.3) is 0 Å². The number of amides is 2. The third kappa shape index (κ3) is 5.36. The van der Waals surface area contributed by atoms with Gasteiger partial charge >= 0.3 is 0 Å². The monoisotopic (exact) mass is 391 g/mol. The first-order valence-electron chi connectivity index (χ1n) is 8.97. The lowest BCUT2D eigenvalue weighted by Gasteiger charge is -2.34. The first-order valence-corrected chi connectivity index (χ1v) is 9.95. The average molecular weight is 391 g/mol. The van der Waals surface area contributed by atoms with E-state index in [0.717, 1.165) is 22.4 Å². The molecule has 0 aromatic carbocycles. The van der Waals surface area contributed by atoms with E-state index < -0.39 is 6.04 Å². The van der Waals surface area contributed by atoms with Crippen molar-refractivity contribution in [2.75, 3.05) is 25.4 Å². The molecule has 0 radical (unpaired) electrons. The zero-order chi connectivity index (χ0) is 19.2.